The lowest BCUT2D eigenvalue weighted by Gasteiger charge is -2.09. The van der Waals surface area contributed by atoms with Gasteiger partial charge in [0, 0.05) is 19.7 Å². The molecule has 1 aromatic heterocycles. The van der Waals surface area contributed by atoms with E-state index in [-0.39, 0.29) is 12.6 Å². The first-order valence-corrected chi connectivity index (χ1v) is 5.91. The Hall–Kier alpha value is -2.37. The molecule has 0 radical (unpaired) electrons. The molecule has 0 spiro atoms. The van der Waals surface area contributed by atoms with E-state index in [1.807, 2.05) is 31.2 Å². The van der Waals surface area contributed by atoms with Crippen LogP contribution >= 0.6 is 0 Å². The lowest BCUT2D eigenvalue weighted by atomic mass is 10.1. The molecule has 1 heterocycles. The smallest absolute Gasteiger partial charge is 0.317 e. The van der Waals surface area contributed by atoms with Gasteiger partial charge in [0.25, 0.3) is 0 Å². The van der Waals surface area contributed by atoms with Crippen LogP contribution in [0.1, 0.15) is 11.5 Å². The standard InChI is InChI=1S/C13H16N4O2/c1-9-6-4-5-7-10(9)12-15-11(19-16-12)8-14-13(18)17(2)3/h4-7H,8H2,1-3H3,(H,14,18). The molecule has 0 unspecified atom stereocenters. The maximum absolute atomic E-state index is 11.4. The summed E-state index contributed by atoms with van der Waals surface area (Å²) >= 11 is 0. The van der Waals surface area contributed by atoms with Crippen LogP contribution in [0.4, 0.5) is 4.79 Å². The first-order valence-electron chi connectivity index (χ1n) is 5.91. The third kappa shape index (κ3) is 3.09. The van der Waals surface area contributed by atoms with Crippen LogP contribution in [0.25, 0.3) is 11.4 Å². The van der Waals surface area contributed by atoms with E-state index in [4.69, 9.17) is 4.52 Å². The zero-order valence-electron chi connectivity index (χ0n) is 11.2. The van der Waals surface area contributed by atoms with E-state index < -0.39 is 0 Å². The van der Waals surface area contributed by atoms with Crippen LogP contribution in [0.3, 0.4) is 0 Å². The van der Waals surface area contributed by atoms with Crippen LogP contribution in [-0.4, -0.2) is 35.2 Å². The average molecular weight is 260 g/mol. The highest BCUT2D eigenvalue weighted by Crippen LogP contribution is 2.19. The summed E-state index contributed by atoms with van der Waals surface area (Å²) in [5, 5.41) is 6.59. The van der Waals surface area contributed by atoms with Gasteiger partial charge in [0.15, 0.2) is 0 Å². The van der Waals surface area contributed by atoms with E-state index in [2.05, 4.69) is 15.5 Å². The van der Waals surface area contributed by atoms with Gasteiger partial charge in [-0.3, -0.25) is 0 Å². The Labute approximate surface area is 111 Å². The molecule has 0 saturated heterocycles. The first kappa shape index (κ1) is 13.1. The number of nitrogens with zero attached hydrogens (tertiary/aromatic N) is 3. The normalized spacial score (nSPS) is 10.3. The highest BCUT2D eigenvalue weighted by atomic mass is 16.5. The number of hydrogen-bond donors (Lipinski definition) is 1. The maximum atomic E-state index is 11.4. The fourth-order valence-electron chi connectivity index (χ4n) is 1.57. The molecule has 19 heavy (non-hydrogen) atoms. The fraction of sp³-hybridized carbons (Fsp3) is 0.308. The number of rotatable bonds is 3. The number of carbonyl (C=O) groups excluding carboxylic acids is 1. The Bertz CT molecular complexity index is 578. The van der Waals surface area contributed by atoms with E-state index in [0.29, 0.717) is 11.7 Å². The highest BCUT2D eigenvalue weighted by molar-refractivity contribution is 5.73. The molecule has 0 bridgehead atoms. The van der Waals surface area contributed by atoms with Gasteiger partial charge in [0.2, 0.25) is 11.7 Å². The SMILES string of the molecule is Cc1ccccc1-c1noc(CNC(=O)N(C)C)n1. The number of carbonyl (C=O) groups is 1. The zero-order valence-corrected chi connectivity index (χ0v) is 11.2. The van der Waals surface area contributed by atoms with Gasteiger partial charge in [-0.25, -0.2) is 4.79 Å². The Morgan fingerprint density at radius 2 is 2.11 bits per heavy atom. The van der Waals surface area contributed by atoms with Crippen LogP contribution in [0.5, 0.6) is 0 Å². The van der Waals surface area contributed by atoms with E-state index in [1.54, 1.807) is 14.1 Å². The van der Waals surface area contributed by atoms with Crippen molar-refractivity contribution in [2.24, 2.45) is 0 Å². The van der Waals surface area contributed by atoms with Crippen molar-refractivity contribution in [2.45, 2.75) is 13.5 Å². The minimum atomic E-state index is -0.198. The number of aryl methyl sites for hydroxylation is 1. The number of aromatic nitrogens is 2. The van der Waals surface area contributed by atoms with Gasteiger partial charge in [-0.1, -0.05) is 29.4 Å². The lowest BCUT2D eigenvalue weighted by Crippen LogP contribution is -2.34. The van der Waals surface area contributed by atoms with Gasteiger partial charge in [0.1, 0.15) is 0 Å². The number of benzene rings is 1. The summed E-state index contributed by atoms with van der Waals surface area (Å²) in [6.45, 7) is 2.20. The molecule has 0 saturated carbocycles. The second kappa shape index (κ2) is 5.51. The Balaban J connectivity index is 2.08. The van der Waals surface area contributed by atoms with Gasteiger partial charge < -0.3 is 14.7 Å². The Morgan fingerprint density at radius 3 is 2.79 bits per heavy atom. The van der Waals surface area contributed by atoms with Gasteiger partial charge in [0.05, 0.1) is 6.54 Å². The molecule has 6 heteroatoms. The molecule has 0 atom stereocenters. The summed E-state index contributed by atoms with van der Waals surface area (Å²) < 4.78 is 5.11. The molecule has 100 valence electrons. The van der Waals surface area contributed by atoms with Gasteiger partial charge in [-0.2, -0.15) is 4.98 Å². The summed E-state index contributed by atoms with van der Waals surface area (Å²) in [5.41, 5.74) is 2.00. The van der Waals surface area contributed by atoms with Crippen LogP contribution in [0.2, 0.25) is 0 Å². The van der Waals surface area contributed by atoms with E-state index in [1.165, 1.54) is 4.90 Å². The molecular formula is C13H16N4O2. The van der Waals surface area contributed by atoms with Crippen LogP contribution in [-0.2, 0) is 6.54 Å². The Kier molecular flexibility index (Phi) is 3.79. The largest absolute Gasteiger partial charge is 0.337 e. The lowest BCUT2D eigenvalue weighted by molar-refractivity contribution is 0.215. The molecule has 1 aromatic carbocycles. The minimum Gasteiger partial charge on any atom is -0.337 e. The van der Waals surface area contributed by atoms with Crippen molar-refractivity contribution in [3.63, 3.8) is 0 Å². The maximum Gasteiger partial charge on any atom is 0.317 e. The van der Waals surface area contributed by atoms with Gasteiger partial charge in [-0.05, 0) is 12.5 Å². The van der Waals surface area contributed by atoms with E-state index in [0.717, 1.165) is 11.1 Å². The fourth-order valence-corrected chi connectivity index (χ4v) is 1.57. The molecule has 2 amide bonds. The number of nitrogens with one attached hydrogen (secondary N) is 1. The molecule has 6 nitrogen and oxygen atoms in total. The van der Waals surface area contributed by atoms with Crippen LogP contribution in [0.15, 0.2) is 28.8 Å². The third-order valence-electron chi connectivity index (χ3n) is 2.65. The molecule has 0 aliphatic heterocycles. The van der Waals surface area contributed by atoms with Crippen molar-refractivity contribution in [1.29, 1.82) is 0 Å². The summed E-state index contributed by atoms with van der Waals surface area (Å²) in [6, 6.07) is 7.60. The second-order valence-electron chi connectivity index (χ2n) is 4.38. The summed E-state index contributed by atoms with van der Waals surface area (Å²) in [6.07, 6.45) is 0. The van der Waals surface area contributed by atoms with Gasteiger partial charge >= 0.3 is 6.03 Å². The first-order chi connectivity index (χ1) is 9.08. The van der Waals surface area contributed by atoms with Crippen molar-refractivity contribution in [3.8, 4) is 11.4 Å². The zero-order chi connectivity index (χ0) is 13.8. The van der Waals surface area contributed by atoms with Crippen molar-refractivity contribution in [1.82, 2.24) is 20.4 Å². The second-order valence-corrected chi connectivity index (χ2v) is 4.38. The van der Waals surface area contributed by atoms with Crippen LogP contribution < -0.4 is 5.32 Å². The van der Waals surface area contributed by atoms with Crippen molar-refractivity contribution >= 4 is 6.03 Å². The molecular weight excluding hydrogens is 244 g/mol. The molecule has 2 aromatic rings. The van der Waals surface area contributed by atoms with Crippen molar-refractivity contribution < 1.29 is 9.32 Å². The topological polar surface area (TPSA) is 71.3 Å². The highest BCUT2D eigenvalue weighted by Gasteiger charge is 2.11. The number of amides is 2. The van der Waals surface area contributed by atoms with E-state index >= 15 is 0 Å². The van der Waals surface area contributed by atoms with E-state index in [9.17, 15) is 4.79 Å². The summed E-state index contributed by atoms with van der Waals surface area (Å²) in [4.78, 5) is 17.1. The molecule has 0 aliphatic rings. The van der Waals surface area contributed by atoms with Gasteiger partial charge in [-0.15, -0.1) is 0 Å². The quantitative estimate of drug-likeness (QED) is 0.913. The van der Waals surface area contributed by atoms with Crippen molar-refractivity contribution in [2.75, 3.05) is 14.1 Å². The predicted octanol–water partition coefficient (Wildman–Crippen LogP) is 1.82. The number of hydrogen-bond acceptors (Lipinski definition) is 4. The predicted molar refractivity (Wildman–Crippen MR) is 70.4 cm³/mol. The number of urea groups is 1. The monoisotopic (exact) mass is 260 g/mol. The third-order valence-corrected chi connectivity index (χ3v) is 2.65. The van der Waals surface area contributed by atoms with Crippen LogP contribution in [0, 0.1) is 6.92 Å². The summed E-state index contributed by atoms with van der Waals surface area (Å²) in [5.74, 6) is 0.917. The Morgan fingerprint density at radius 1 is 1.37 bits per heavy atom. The molecule has 0 fully saturated rings. The summed E-state index contributed by atoms with van der Waals surface area (Å²) in [7, 11) is 3.34. The molecule has 2 rings (SSSR count). The molecule has 1 N–H and O–H groups in total. The minimum absolute atomic E-state index is 0.198. The molecule has 0 aliphatic carbocycles. The average Bonchev–Trinajstić information content (AvgIpc) is 2.85. The van der Waals surface area contributed by atoms with Crippen molar-refractivity contribution in [3.05, 3.63) is 35.7 Å².